The number of aromatic amines is 1. The van der Waals surface area contributed by atoms with E-state index in [1.54, 1.807) is 7.11 Å². The lowest BCUT2D eigenvalue weighted by Gasteiger charge is -2.36. The van der Waals surface area contributed by atoms with Gasteiger partial charge >= 0.3 is 0 Å². The Kier molecular flexibility index (Phi) is 5.81. The van der Waals surface area contributed by atoms with Crippen molar-refractivity contribution in [1.82, 2.24) is 9.97 Å². The van der Waals surface area contributed by atoms with Crippen LogP contribution in [0.25, 0.3) is 0 Å². The predicted octanol–water partition coefficient (Wildman–Crippen LogP) is 2.76. The largest absolute Gasteiger partial charge is 0.497 e. The number of rotatable bonds is 6. The summed E-state index contributed by atoms with van der Waals surface area (Å²) in [4.78, 5) is 24.6. The van der Waals surface area contributed by atoms with Crippen molar-refractivity contribution in [3.8, 4) is 5.75 Å². The molecule has 26 heavy (non-hydrogen) atoms. The Morgan fingerprint density at radius 1 is 1.19 bits per heavy atom. The molecule has 1 saturated heterocycles. The van der Waals surface area contributed by atoms with Crippen LogP contribution in [-0.2, 0) is 6.42 Å². The summed E-state index contributed by atoms with van der Waals surface area (Å²) in [5, 5.41) is 0. The molecule has 0 amide bonds. The van der Waals surface area contributed by atoms with Crippen LogP contribution in [0.2, 0.25) is 0 Å². The molecule has 1 aromatic carbocycles. The number of anilines is 2. The van der Waals surface area contributed by atoms with Crippen LogP contribution < -0.4 is 20.1 Å². The van der Waals surface area contributed by atoms with E-state index in [0.29, 0.717) is 5.95 Å². The van der Waals surface area contributed by atoms with E-state index in [9.17, 15) is 4.79 Å². The number of nitrogens with zero attached hydrogens (tertiary/aromatic N) is 3. The number of aromatic nitrogens is 2. The molecule has 6 nitrogen and oxygen atoms in total. The molecule has 0 bridgehead atoms. The number of unbranched alkanes of at least 4 members (excludes halogenated alkanes) is 1. The maximum Gasteiger partial charge on any atom is 0.255 e. The Bertz CT molecular complexity index is 795. The van der Waals surface area contributed by atoms with Crippen molar-refractivity contribution in [1.29, 1.82) is 0 Å². The van der Waals surface area contributed by atoms with Gasteiger partial charge in [0.05, 0.1) is 7.11 Å². The van der Waals surface area contributed by atoms with E-state index >= 15 is 0 Å². The van der Waals surface area contributed by atoms with Crippen molar-refractivity contribution in [3.05, 3.63) is 45.9 Å². The molecule has 2 heterocycles. The van der Waals surface area contributed by atoms with Gasteiger partial charge in [0.15, 0.2) is 0 Å². The first-order valence-electron chi connectivity index (χ1n) is 9.36. The van der Waals surface area contributed by atoms with Crippen molar-refractivity contribution in [2.24, 2.45) is 0 Å². The summed E-state index contributed by atoms with van der Waals surface area (Å²) >= 11 is 0. The molecule has 2 aromatic rings. The van der Waals surface area contributed by atoms with Crippen LogP contribution >= 0.6 is 0 Å². The van der Waals surface area contributed by atoms with Crippen LogP contribution in [0.4, 0.5) is 11.6 Å². The fourth-order valence-corrected chi connectivity index (χ4v) is 3.38. The van der Waals surface area contributed by atoms with Gasteiger partial charge in [-0.2, -0.15) is 0 Å². The lowest BCUT2D eigenvalue weighted by molar-refractivity contribution is 0.414. The zero-order chi connectivity index (χ0) is 18.5. The molecule has 0 spiro atoms. The summed E-state index contributed by atoms with van der Waals surface area (Å²) in [5.74, 6) is 1.56. The average Bonchev–Trinajstić information content (AvgIpc) is 2.67. The molecule has 0 saturated carbocycles. The Labute approximate surface area is 154 Å². The SMILES string of the molecule is CCCCc1c(C)nc(N2CCN(c3cccc(OC)c3)CC2)[nH]c1=O. The second-order valence-corrected chi connectivity index (χ2v) is 6.73. The topological polar surface area (TPSA) is 61.5 Å². The molecule has 0 unspecified atom stereocenters. The highest BCUT2D eigenvalue weighted by atomic mass is 16.5. The van der Waals surface area contributed by atoms with Crippen molar-refractivity contribution in [2.45, 2.75) is 33.1 Å². The van der Waals surface area contributed by atoms with Gasteiger partial charge in [-0.1, -0.05) is 19.4 Å². The number of H-pyrrole nitrogens is 1. The highest BCUT2D eigenvalue weighted by molar-refractivity contribution is 5.52. The van der Waals surface area contributed by atoms with Crippen molar-refractivity contribution in [2.75, 3.05) is 43.1 Å². The zero-order valence-electron chi connectivity index (χ0n) is 15.9. The summed E-state index contributed by atoms with van der Waals surface area (Å²) in [5.41, 5.74) is 2.85. The molecule has 1 aliphatic rings. The minimum absolute atomic E-state index is 0.0103. The number of nitrogens with one attached hydrogen (secondary N) is 1. The monoisotopic (exact) mass is 356 g/mol. The molecular weight excluding hydrogens is 328 g/mol. The highest BCUT2D eigenvalue weighted by Gasteiger charge is 2.20. The number of benzene rings is 1. The number of ether oxygens (including phenoxy) is 1. The molecule has 1 N–H and O–H groups in total. The highest BCUT2D eigenvalue weighted by Crippen LogP contribution is 2.23. The summed E-state index contributed by atoms with van der Waals surface area (Å²) in [6.45, 7) is 7.49. The maximum atomic E-state index is 12.4. The molecule has 0 aliphatic carbocycles. The molecule has 3 rings (SSSR count). The molecule has 6 heteroatoms. The Hall–Kier alpha value is -2.50. The van der Waals surface area contributed by atoms with Gasteiger partial charge in [-0.25, -0.2) is 4.98 Å². The van der Waals surface area contributed by atoms with Gasteiger partial charge < -0.3 is 14.5 Å². The first-order chi connectivity index (χ1) is 12.6. The maximum absolute atomic E-state index is 12.4. The van der Waals surface area contributed by atoms with Crippen molar-refractivity contribution >= 4 is 11.6 Å². The van der Waals surface area contributed by atoms with E-state index < -0.39 is 0 Å². The Morgan fingerprint density at radius 3 is 2.58 bits per heavy atom. The summed E-state index contributed by atoms with van der Waals surface area (Å²) in [7, 11) is 1.69. The molecule has 1 aliphatic heterocycles. The van der Waals surface area contributed by atoms with Crippen LogP contribution in [0.3, 0.4) is 0 Å². The number of piperazine rings is 1. The number of methoxy groups -OCH3 is 1. The van der Waals surface area contributed by atoms with Gasteiger partial charge in [0, 0.05) is 49.2 Å². The van der Waals surface area contributed by atoms with E-state index in [0.717, 1.165) is 68.1 Å². The third-order valence-electron chi connectivity index (χ3n) is 4.99. The number of aryl methyl sites for hydroxylation is 1. The van der Waals surface area contributed by atoms with Gasteiger partial charge in [0.2, 0.25) is 5.95 Å². The van der Waals surface area contributed by atoms with E-state index in [-0.39, 0.29) is 5.56 Å². The number of hydrogen-bond acceptors (Lipinski definition) is 5. The molecule has 1 aromatic heterocycles. The van der Waals surface area contributed by atoms with E-state index in [1.165, 1.54) is 0 Å². The molecular formula is C20H28N4O2. The summed E-state index contributed by atoms with van der Waals surface area (Å²) in [6, 6.07) is 8.13. The Balaban J connectivity index is 1.69. The van der Waals surface area contributed by atoms with Gasteiger partial charge in [0.25, 0.3) is 5.56 Å². The molecule has 0 radical (unpaired) electrons. The van der Waals surface area contributed by atoms with E-state index in [2.05, 4.69) is 38.8 Å². The number of hydrogen-bond donors (Lipinski definition) is 1. The van der Waals surface area contributed by atoms with Crippen LogP contribution in [0, 0.1) is 6.92 Å². The van der Waals surface area contributed by atoms with Crippen LogP contribution in [0.5, 0.6) is 5.75 Å². The normalized spacial score (nSPS) is 14.6. The smallest absolute Gasteiger partial charge is 0.255 e. The first kappa shape index (κ1) is 18.3. The second-order valence-electron chi connectivity index (χ2n) is 6.73. The Morgan fingerprint density at radius 2 is 1.92 bits per heavy atom. The van der Waals surface area contributed by atoms with E-state index in [1.807, 2.05) is 19.1 Å². The lowest BCUT2D eigenvalue weighted by Crippen LogP contribution is -2.47. The molecule has 1 fully saturated rings. The molecule has 0 atom stereocenters. The minimum Gasteiger partial charge on any atom is -0.497 e. The standard InChI is InChI=1S/C20H28N4O2/c1-4-5-9-18-15(2)21-20(22-19(18)25)24-12-10-23(11-13-24)16-7-6-8-17(14-16)26-3/h6-8,14H,4-5,9-13H2,1-3H3,(H,21,22,25). The third kappa shape index (κ3) is 4.00. The van der Waals surface area contributed by atoms with Crippen LogP contribution in [-0.4, -0.2) is 43.3 Å². The fraction of sp³-hybridized carbons (Fsp3) is 0.500. The van der Waals surface area contributed by atoms with Gasteiger partial charge in [-0.05, 0) is 31.9 Å². The second kappa shape index (κ2) is 8.25. The molecule has 140 valence electrons. The predicted molar refractivity (Wildman–Crippen MR) is 106 cm³/mol. The van der Waals surface area contributed by atoms with Crippen molar-refractivity contribution in [3.63, 3.8) is 0 Å². The quantitative estimate of drug-likeness (QED) is 0.862. The van der Waals surface area contributed by atoms with Crippen molar-refractivity contribution < 1.29 is 4.74 Å². The average molecular weight is 356 g/mol. The van der Waals surface area contributed by atoms with Gasteiger partial charge in [0.1, 0.15) is 5.75 Å². The van der Waals surface area contributed by atoms with Crippen LogP contribution in [0.1, 0.15) is 31.0 Å². The van der Waals surface area contributed by atoms with Crippen LogP contribution in [0.15, 0.2) is 29.1 Å². The minimum atomic E-state index is 0.0103. The first-order valence-corrected chi connectivity index (χ1v) is 9.36. The summed E-state index contributed by atoms with van der Waals surface area (Å²) < 4.78 is 5.31. The fourth-order valence-electron chi connectivity index (χ4n) is 3.38. The van der Waals surface area contributed by atoms with Gasteiger partial charge in [-0.3, -0.25) is 9.78 Å². The lowest BCUT2D eigenvalue weighted by atomic mass is 10.1. The third-order valence-corrected chi connectivity index (χ3v) is 4.99. The van der Waals surface area contributed by atoms with E-state index in [4.69, 9.17) is 4.74 Å². The zero-order valence-corrected chi connectivity index (χ0v) is 15.9. The summed E-state index contributed by atoms with van der Waals surface area (Å²) in [6.07, 6.45) is 2.89. The van der Waals surface area contributed by atoms with Gasteiger partial charge in [-0.15, -0.1) is 0 Å².